The van der Waals surface area contributed by atoms with Gasteiger partial charge in [0.2, 0.25) is 0 Å². The minimum Gasteiger partial charge on any atom is -0.486 e. The minimum atomic E-state index is -3.76. The molecule has 12 heteroatoms. The first-order valence-electron chi connectivity index (χ1n) is 11.5. The molecule has 3 saturated carbocycles. The molecule has 0 amide bonds. The zero-order chi connectivity index (χ0) is 25.9. The number of hydrogen-bond donors (Lipinski definition) is 1. The number of ether oxygens (including phenoxy) is 1. The van der Waals surface area contributed by atoms with Crippen LogP contribution in [0.1, 0.15) is 35.4 Å². The smallest absolute Gasteiger partial charge is 0.287 e. The zero-order valence-corrected chi connectivity index (χ0v) is 20.1. The molecule has 192 valence electrons. The van der Waals surface area contributed by atoms with Gasteiger partial charge in [0, 0.05) is 28.6 Å². The minimum absolute atomic E-state index is 0.118. The van der Waals surface area contributed by atoms with E-state index in [4.69, 9.17) is 4.74 Å². The summed E-state index contributed by atoms with van der Waals surface area (Å²) < 4.78 is 67.5. The van der Waals surface area contributed by atoms with Gasteiger partial charge in [-0.05, 0) is 64.9 Å². The predicted octanol–water partition coefficient (Wildman–Crippen LogP) is 4.63. The number of hydrogen-bond acceptors (Lipinski definition) is 7. The largest absolute Gasteiger partial charge is 0.486 e. The van der Waals surface area contributed by atoms with Crippen molar-refractivity contribution in [3.63, 3.8) is 0 Å². The summed E-state index contributed by atoms with van der Waals surface area (Å²) in [7, 11) is 0. The van der Waals surface area contributed by atoms with Crippen molar-refractivity contribution in [3.05, 3.63) is 88.1 Å². The highest BCUT2D eigenvalue weighted by atomic mass is 32.1. The molecule has 3 aliphatic carbocycles. The number of aliphatic hydroxyl groups is 1. The van der Waals surface area contributed by atoms with Gasteiger partial charge in [0.25, 0.3) is 5.92 Å². The summed E-state index contributed by atoms with van der Waals surface area (Å²) in [4.78, 5) is 4.17. The molecular formula is C25H21F4N5O2S. The lowest BCUT2D eigenvalue weighted by Gasteiger charge is -2.74. The number of aromatic nitrogens is 5. The molecule has 2 heterocycles. The van der Waals surface area contributed by atoms with Crippen LogP contribution in [0.4, 0.5) is 17.6 Å². The molecule has 0 spiro atoms. The van der Waals surface area contributed by atoms with Gasteiger partial charge < -0.3 is 9.84 Å². The fourth-order valence-electron chi connectivity index (χ4n) is 5.91. The number of nitrogens with zero attached hydrogens (tertiary/aromatic N) is 5. The molecule has 1 atom stereocenters. The lowest BCUT2D eigenvalue weighted by molar-refractivity contribution is -0.347. The maximum absolute atomic E-state index is 16.3. The number of halogens is 4. The number of alkyl halides is 2. The Bertz CT molecular complexity index is 1400. The van der Waals surface area contributed by atoms with Crippen molar-refractivity contribution in [1.82, 2.24) is 25.2 Å². The van der Waals surface area contributed by atoms with Crippen molar-refractivity contribution in [3.8, 4) is 5.75 Å². The summed E-state index contributed by atoms with van der Waals surface area (Å²) in [5.74, 6) is -5.31. The Labute approximate surface area is 212 Å². The molecule has 0 radical (unpaired) electrons. The molecule has 3 fully saturated rings. The normalized spacial score (nSPS) is 24.1. The zero-order valence-electron chi connectivity index (χ0n) is 19.3. The molecule has 2 aromatic carbocycles. The van der Waals surface area contributed by atoms with E-state index in [1.807, 2.05) is 17.5 Å². The Morgan fingerprint density at radius 1 is 1.08 bits per heavy atom. The van der Waals surface area contributed by atoms with E-state index in [-0.39, 0.29) is 19.3 Å². The number of benzene rings is 2. The average Bonchev–Trinajstić information content (AvgIpc) is 3.50. The second-order valence-electron chi connectivity index (χ2n) is 9.90. The average molecular weight is 532 g/mol. The van der Waals surface area contributed by atoms with E-state index in [2.05, 4.69) is 20.5 Å². The first-order valence-corrected chi connectivity index (χ1v) is 12.4. The summed E-state index contributed by atoms with van der Waals surface area (Å²) in [5, 5.41) is 24.6. The molecule has 0 saturated heterocycles. The van der Waals surface area contributed by atoms with Crippen molar-refractivity contribution >= 4 is 11.3 Å². The lowest BCUT2D eigenvalue weighted by atomic mass is 9.30. The van der Waals surface area contributed by atoms with Crippen LogP contribution < -0.4 is 4.74 Å². The topological polar surface area (TPSA) is 86.0 Å². The maximum atomic E-state index is 16.3. The molecule has 2 aromatic heterocycles. The van der Waals surface area contributed by atoms with Crippen LogP contribution in [0.3, 0.4) is 0 Å². The van der Waals surface area contributed by atoms with Gasteiger partial charge in [-0.2, -0.15) is 0 Å². The van der Waals surface area contributed by atoms with E-state index in [9.17, 15) is 13.9 Å². The number of thiazole rings is 1. The SMILES string of the molecule is O[C@](Cn1cnnn1)(c1ccc(F)cc1F)C(F)(F)C12CC(c3ccc(OCc4nccs4)cc3)(C1)C2. The van der Waals surface area contributed by atoms with Gasteiger partial charge in [-0.3, -0.25) is 0 Å². The van der Waals surface area contributed by atoms with Crippen LogP contribution in [0.25, 0.3) is 0 Å². The van der Waals surface area contributed by atoms with Crippen LogP contribution in [0.2, 0.25) is 0 Å². The molecule has 2 bridgehead atoms. The summed E-state index contributed by atoms with van der Waals surface area (Å²) in [5.41, 5.74) is -4.79. The molecule has 0 aliphatic heterocycles. The standard InChI is InChI=1S/C25H21F4N5O2S/c26-17-3-6-19(20(27)9-17)24(35,14-34-15-31-32-33-34)25(28,29)23-11-22(12-23,13-23)16-1-4-18(5-2-16)36-10-21-30-7-8-37-21/h1-9,15,35H,10-14H2/t22?,23?,24-/m1/s1. The fourth-order valence-corrected chi connectivity index (χ4v) is 6.43. The highest BCUT2D eigenvalue weighted by Crippen LogP contribution is 2.80. The molecule has 0 unspecified atom stereocenters. The van der Waals surface area contributed by atoms with Crippen LogP contribution in [0.15, 0.2) is 60.4 Å². The highest BCUT2D eigenvalue weighted by molar-refractivity contribution is 7.09. The van der Waals surface area contributed by atoms with Gasteiger partial charge in [0.05, 0.1) is 6.54 Å². The van der Waals surface area contributed by atoms with Crippen molar-refractivity contribution in [2.75, 3.05) is 0 Å². The predicted molar refractivity (Wildman–Crippen MR) is 124 cm³/mol. The molecule has 37 heavy (non-hydrogen) atoms. The Morgan fingerprint density at radius 3 is 2.46 bits per heavy atom. The second-order valence-corrected chi connectivity index (χ2v) is 10.9. The van der Waals surface area contributed by atoms with Gasteiger partial charge in [-0.1, -0.05) is 12.1 Å². The monoisotopic (exact) mass is 531 g/mol. The van der Waals surface area contributed by atoms with Gasteiger partial charge in [0.1, 0.15) is 35.3 Å². The highest BCUT2D eigenvalue weighted by Gasteiger charge is 2.82. The van der Waals surface area contributed by atoms with E-state index in [0.717, 1.165) is 33.7 Å². The van der Waals surface area contributed by atoms with E-state index in [0.29, 0.717) is 18.4 Å². The van der Waals surface area contributed by atoms with Crippen molar-refractivity contribution in [2.24, 2.45) is 5.41 Å². The van der Waals surface area contributed by atoms with E-state index < -0.39 is 46.1 Å². The lowest BCUT2D eigenvalue weighted by Crippen LogP contribution is -2.76. The Kier molecular flexibility index (Phi) is 5.39. The number of tetrazole rings is 1. The van der Waals surface area contributed by atoms with Crippen LogP contribution in [-0.4, -0.2) is 36.2 Å². The van der Waals surface area contributed by atoms with E-state index >= 15 is 8.78 Å². The Morgan fingerprint density at radius 2 is 1.84 bits per heavy atom. The molecular weight excluding hydrogens is 510 g/mol. The molecule has 7 nitrogen and oxygen atoms in total. The van der Waals surface area contributed by atoms with Gasteiger partial charge >= 0.3 is 0 Å². The quantitative estimate of drug-likeness (QED) is 0.317. The Hall–Kier alpha value is -3.38. The summed E-state index contributed by atoms with van der Waals surface area (Å²) >= 11 is 1.49. The van der Waals surface area contributed by atoms with Crippen molar-refractivity contribution < 1.29 is 27.4 Å². The fraction of sp³-hybridized carbons (Fsp3) is 0.360. The Balaban J connectivity index is 1.23. The van der Waals surface area contributed by atoms with E-state index in [1.54, 1.807) is 18.3 Å². The van der Waals surface area contributed by atoms with Gasteiger partial charge in [-0.15, -0.1) is 16.4 Å². The van der Waals surface area contributed by atoms with E-state index in [1.165, 1.54) is 11.3 Å². The molecule has 4 aromatic rings. The van der Waals surface area contributed by atoms with Crippen molar-refractivity contribution in [2.45, 2.75) is 49.4 Å². The molecule has 1 N–H and O–H groups in total. The van der Waals surface area contributed by atoms with Gasteiger partial charge in [0.15, 0.2) is 5.60 Å². The van der Waals surface area contributed by atoms with Crippen molar-refractivity contribution in [1.29, 1.82) is 0 Å². The molecule has 7 rings (SSSR count). The van der Waals surface area contributed by atoms with Crippen LogP contribution >= 0.6 is 11.3 Å². The molecule has 3 aliphatic rings. The first kappa shape index (κ1) is 24.0. The van der Waals surface area contributed by atoms with Crippen LogP contribution in [0.5, 0.6) is 5.75 Å². The second kappa shape index (κ2) is 8.32. The maximum Gasteiger partial charge on any atom is 0.287 e. The summed E-state index contributed by atoms with van der Waals surface area (Å²) in [6.07, 6.45) is 3.12. The first-order chi connectivity index (χ1) is 17.7. The third-order valence-corrected chi connectivity index (χ3v) is 8.44. The third kappa shape index (κ3) is 3.64. The van der Waals surface area contributed by atoms with Crippen LogP contribution in [-0.2, 0) is 24.2 Å². The summed E-state index contributed by atoms with van der Waals surface area (Å²) in [6.45, 7) is -0.452. The number of rotatable bonds is 9. The third-order valence-electron chi connectivity index (χ3n) is 7.69. The van der Waals surface area contributed by atoms with Gasteiger partial charge in [-0.25, -0.2) is 27.2 Å². The van der Waals surface area contributed by atoms with Crippen LogP contribution in [0, 0.1) is 17.0 Å². The summed E-state index contributed by atoms with van der Waals surface area (Å²) in [6, 6.07) is 9.52.